The highest BCUT2D eigenvalue weighted by molar-refractivity contribution is 5.92. The van der Waals surface area contributed by atoms with Crippen LogP contribution in [0.2, 0.25) is 0 Å². The molecule has 0 N–H and O–H groups in total. The lowest BCUT2D eigenvalue weighted by molar-refractivity contribution is 0.0706. The van der Waals surface area contributed by atoms with Gasteiger partial charge in [0.1, 0.15) is 17.3 Å². The molecule has 2 aliphatic heterocycles. The Hall–Kier alpha value is -2.47. The number of amides is 1. The van der Waals surface area contributed by atoms with Crippen molar-refractivity contribution in [3.63, 3.8) is 0 Å². The lowest BCUT2D eigenvalue weighted by Crippen LogP contribution is -2.45. The summed E-state index contributed by atoms with van der Waals surface area (Å²) in [5.74, 6) is 0.881. The van der Waals surface area contributed by atoms with Crippen molar-refractivity contribution in [2.75, 3.05) is 51.2 Å². The van der Waals surface area contributed by atoms with E-state index in [1.54, 1.807) is 12.1 Å². The molecule has 2 fully saturated rings. The molecular weight excluding hydrogens is 355 g/mol. The van der Waals surface area contributed by atoms with Gasteiger partial charge in [-0.1, -0.05) is 24.3 Å². The van der Waals surface area contributed by atoms with Gasteiger partial charge in [0.05, 0.1) is 0 Å². The summed E-state index contributed by atoms with van der Waals surface area (Å²) in [6, 6.07) is 12.7. The Morgan fingerprint density at radius 3 is 2.39 bits per heavy atom. The number of rotatable bonds is 3. The molecule has 1 aromatic heterocycles. The van der Waals surface area contributed by atoms with Crippen molar-refractivity contribution >= 4 is 11.7 Å². The Bertz CT molecular complexity index is 827. The van der Waals surface area contributed by atoms with Gasteiger partial charge in [0.25, 0.3) is 5.91 Å². The Morgan fingerprint density at radius 2 is 1.68 bits per heavy atom. The topological polar surface area (TPSA) is 39.7 Å². The predicted octanol–water partition coefficient (Wildman–Crippen LogP) is 2.99. The zero-order chi connectivity index (χ0) is 19.5. The average molecular weight is 382 g/mol. The monoisotopic (exact) mass is 382 g/mol. The van der Waals surface area contributed by atoms with E-state index in [0.29, 0.717) is 18.8 Å². The summed E-state index contributed by atoms with van der Waals surface area (Å²) >= 11 is 0. The number of hydrogen-bond donors (Lipinski definition) is 0. The Labute approximate surface area is 165 Å². The predicted molar refractivity (Wildman–Crippen MR) is 108 cm³/mol. The number of likely N-dealkylation sites (tertiary alicyclic amines) is 1. The molecule has 28 heavy (non-hydrogen) atoms. The molecule has 0 radical (unpaired) electrons. The number of pyridine rings is 1. The summed E-state index contributed by atoms with van der Waals surface area (Å²) in [7, 11) is 2.12. The fourth-order valence-electron chi connectivity index (χ4n) is 4.12. The molecule has 0 unspecified atom stereocenters. The van der Waals surface area contributed by atoms with Crippen molar-refractivity contribution in [2.45, 2.75) is 18.8 Å². The van der Waals surface area contributed by atoms with Crippen LogP contribution in [0.1, 0.15) is 34.8 Å². The number of aromatic nitrogens is 1. The second-order valence-corrected chi connectivity index (χ2v) is 7.76. The van der Waals surface area contributed by atoms with Crippen LogP contribution in [-0.4, -0.2) is 67.0 Å². The summed E-state index contributed by atoms with van der Waals surface area (Å²) in [5, 5.41) is 0. The zero-order valence-corrected chi connectivity index (χ0v) is 16.4. The SMILES string of the molecule is CN1CCN(c2cccc(C(=O)N3CCC(c4ccccc4F)CC3)n2)CC1. The summed E-state index contributed by atoms with van der Waals surface area (Å²) in [6.45, 7) is 5.13. The molecule has 0 aliphatic carbocycles. The maximum absolute atomic E-state index is 14.0. The number of anilines is 1. The van der Waals surface area contributed by atoms with Gasteiger partial charge in [0, 0.05) is 39.3 Å². The fraction of sp³-hybridized carbons (Fsp3) is 0.455. The van der Waals surface area contributed by atoms with Gasteiger partial charge in [-0.05, 0) is 49.6 Å². The van der Waals surface area contributed by atoms with E-state index in [1.807, 2.05) is 29.2 Å². The molecule has 0 atom stereocenters. The average Bonchev–Trinajstić information content (AvgIpc) is 2.74. The number of piperazine rings is 1. The molecule has 6 heteroatoms. The minimum Gasteiger partial charge on any atom is -0.354 e. The van der Waals surface area contributed by atoms with Gasteiger partial charge in [-0.2, -0.15) is 0 Å². The summed E-state index contributed by atoms with van der Waals surface area (Å²) in [5.41, 5.74) is 1.27. The number of hydrogen-bond acceptors (Lipinski definition) is 4. The third-order valence-electron chi connectivity index (χ3n) is 5.91. The highest BCUT2D eigenvalue weighted by Gasteiger charge is 2.27. The molecule has 3 heterocycles. The fourth-order valence-corrected chi connectivity index (χ4v) is 4.12. The molecule has 5 nitrogen and oxygen atoms in total. The van der Waals surface area contributed by atoms with E-state index in [4.69, 9.17) is 0 Å². The number of benzene rings is 1. The van der Waals surface area contributed by atoms with E-state index in [0.717, 1.165) is 50.4 Å². The molecule has 1 aromatic carbocycles. The first-order valence-corrected chi connectivity index (χ1v) is 10.1. The van der Waals surface area contributed by atoms with E-state index >= 15 is 0 Å². The minimum atomic E-state index is -0.145. The highest BCUT2D eigenvalue weighted by atomic mass is 19.1. The van der Waals surface area contributed by atoms with Gasteiger partial charge < -0.3 is 14.7 Å². The third kappa shape index (κ3) is 4.02. The highest BCUT2D eigenvalue weighted by Crippen LogP contribution is 2.30. The molecule has 1 amide bonds. The molecule has 4 rings (SSSR count). The second-order valence-electron chi connectivity index (χ2n) is 7.76. The van der Waals surface area contributed by atoms with Crippen LogP contribution in [0.25, 0.3) is 0 Å². The smallest absolute Gasteiger partial charge is 0.272 e. The van der Waals surface area contributed by atoms with Crippen LogP contribution in [0, 0.1) is 5.82 Å². The van der Waals surface area contributed by atoms with Crippen molar-refractivity contribution in [3.8, 4) is 0 Å². The van der Waals surface area contributed by atoms with E-state index in [-0.39, 0.29) is 17.6 Å². The van der Waals surface area contributed by atoms with Gasteiger partial charge in [0.15, 0.2) is 0 Å². The number of carbonyl (C=O) groups excluding carboxylic acids is 1. The lowest BCUT2D eigenvalue weighted by Gasteiger charge is -2.34. The first-order chi connectivity index (χ1) is 13.6. The van der Waals surface area contributed by atoms with E-state index in [9.17, 15) is 9.18 Å². The largest absolute Gasteiger partial charge is 0.354 e. The Balaban J connectivity index is 1.40. The first kappa shape index (κ1) is 18.9. The number of nitrogens with zero attached hydrogens (tertiary/aromatic N) is 4. The Morgan fingerprint density at radius 1 is 0.964 bits per heavy atom. The van der Waals surface area contributed by atoms with Crippen LogP contribution in [0.5, 0.6) is 0 Å². The second kappa shape index (κ2) is 8.27. The molecule has 0 bridgehead atoms. The van der Waals surface area contributed by atoms with Crippen LogP contribution < -0.4 is 4.90 Å². The van der Waals surface area contributed by atoms with Gasteiger partial charge in [-0.15, -0.1) is 0 Å². The number of carbonyl (C=O) groups is 1. The molecule has 148 valence electrons. The third-order valence-corrected chi connectivity index (χ3v) is 5.91. The van der Waals surface area contributed by atoms with Crippen LogP contribution in [-0.2, 0) is 0 Å². The van der Waals surface area contributed by atoms with Gasteiger partial charge in [-0.25, -0.2) is 9.37 Å². The molecule has 2 aliphatic rings. The van der Waals surface area contributed by atoms with Crippen LogP contribution in [0.15, 0.2) is 42.5 Å². The van der Waals surface area contributed by atoms with Crippen LogP contribution in [0.4, 0.5) is 10.2 Å². The molecule has 0 saturated carbocycles. The van der Waals surface area contributed by atoms with E-state index in [2.05, 4.69) is 21.8 Å². The minimum absolute atomic E-state index is 0.0250. The van der Waals surface area contributed by atoms with Gasteiger partial charge in [0.2, 0.25) is 0 Å². The van der Waals surface area contributed by atoms with Crippen molar-refractivity contribution in [1.82, 2.24) is 14.8 Å². The maximum atomic E-state index is 14.0. The van der Waals surface area contributed by atoms with Crippen LogP contribution >= 0.6 is 0 Å². The van der Waals surface area contributed by atoms with Crippen molar-refractivity contribution in [1.29, 1.82) is 0 Å². The molecule has 0 spiro atoms. The van der Waals surface area contributed by atoms with Gasteiger partial charge >= 0.3 is 0 Å². The molecule has 2 aromatic rings. The van der Waals surface area contributed by atoms with Crippen LogP contribution in [0.3, 0.4) is 0 Å². The molecular formula is C22H27FN4O. The summed E-state index contributed by atoms with van der Waals surface area (Å²) < 4.78 is 14.0. The summed E-state index contributed by atoms with van der Waals surface area (Å²) in [6.07, 6.45) is 1.57. The van der Waals surface area contributed by atoms with E-state index in [1.165, 1.54) is 6.07 Å². The molecule has 2 saturated heterocycles. The Kier molecular flexibility index (Phi) is 5.57. The maximum Gasteiger partial charge on any atom is 0.272 e. The quantitative estimate of drug-likeness (QED) is 0.818. The van der Waals surface area contributed by atoms with Crippen molar-refractivity contribution < 1.29 is 9.18 Å². The van der Waals surface area contributed by atoms with Crippen molar-refractivity contribution in [2.24, 2.45) is 0 Å². The normalized spacial score (nSPS) is 19.1. The van der Waals surface area contributed by atoms with Crippen molar-refractivity contribution in [3.05, 3.63) is 59.5 Å². The van der Waals surface area contributed by atoms with E-state index < -0.39 is 0 Å². The number of likely N-dealkylation sites (N-methyl/N-ethyl adjacent to an activating group) is 1. The zero-order valence-electron chi connectivity index (χ0n) is 16.4. The number of halogens is 1. The lowest BCUT2D eigenvalue weighted by atomic mass is 9.89. The first-order valence-electron chi connectivity index (χ1n) is 10.1. The standard InChI is InChI=1S/C22H27FN4O/c1-25-13-15-26(16-14-25)21-8-4-7-20(24-21)22(28)27-11-9-17(10-12-27)18-5-2-3-6-19(18)23/h2-8,17H,9-16H2,1H3. The number of piperidine rings is 1. The van der Waals surface area contributed by atoms with Gasteiger partial charge in [-0.3, -0.25) is 4.79 Å². The summed E-state index contributed by atoms with van der Waals surface area (Å²) in [4.78, 5) is 24.0.